The fraction of sp³-hybridized carbons (Fsp3) is 0.700. The molecule has 0 aromatic rings. The Kier molecular flexibility index (Phi) is 6.88. The van der Waals surface area contributed by atoms with Gasteiger partial charge in [0.1, 0.15) is 6.04 Å². The van der Waals surface area contributed by atoms with Gasteiger partial charge in [0.25, 0.3) is 0 Å². The largest absolute Gasteiger partial charge is 0.480 e. The first kappa shape index (κ1) is 15.4. The molecule has 98 valence electrons. The van der Waals surface area contributed by atoms with Crippen LogP contribution in [-0.4, -0.2) is 46.9 Å². The lowest BCUT2D eigenvalue weighted by Gasteiger charge is -2.26. The zero-order chi connectivity index (χ0) is 13.4. The van der Waals surface area contributed by atoms with Crippen LogP contribution < -0.4 is 11.5 Å². The summed E-state index contributed by atoms with van der Waals surface area (Å²) in [5.41, 5.74) is 10.0. The molecule has 0 aliphatic carbocycles. The van der Waals surface area contributed by atoms with E-state index in [9.17, 15) is 14.4 Å². The summed E-state index contributed by atoms with van der Waals surface area (Å²) in [6, 6.07) is -0.907. The molecule has 0 aliphatic heterocycles. The molecule has 0 radical (unpaired) electrons. The molecule has 5 N–H and O–H groups in total. The number of carboxylic acids is 1. The average molecular weight is 245 g/mol. The molecule has 0 heterocycles. The number of amides is 2. The van der Waals surface area contributed by atoms with Crippen molar-refractivity contribution in [2.75, 3.05) is 13.1 Å². The highest BCUT2D eigenvalue weighted by Crippen LogP contribution is 2.09. The van der Waals surface area contributed by atoms with Crippen LogP contribution in [0, 0.1) is 0 Å². The fourth-order valence-corrected chi connectivity index (χ4v) is 1.54. The second-order valence-corrected chi connectivity index (χ2v) is 3.83. The number of nitrogens with two attached hydrogens (primary N) is 2. The van der Waals surface area contributed by atoms with Crippen molar-refractivity contribution >= 4 is 17.8 Å². The third-order valence-corrected chi connectivity index (χ3v) is 2.27. The molecule has 0 aromatic heterocycles. The van der Waals surface area contributed by atoms with Gasteiger partial charge in [0.2, 0.25) is 11.8 Å². The fourth-order valence-electron chi connectivity index (χ4n) is 1.54. The van der Waals surface area contributed by atoms with Gasteiger partial charge in [0.15, 0.2) is 0 Å². The lowest BCUT2D eigenvalue weighted by Crippen LogP contribution is -2.49. The lowest BCUT2D eigenvalue weighted by molar-refractivity contribution is -0.144. The molecule has 7 heteroatoms. The summed E-state index contributed by atoms with van der Waals surface area (Å²) in [5, 5.41) is 9.05. The van der Waals surface area contributed by atoms with E-state index in [1.807, 2.05) is 6.92 Å². The molecule has 7 nitrogen and oxygen atoms in total. The summed E-state index contributed by atoms with van der Waals surface area (Å²) >= 11 is 0. The summed E-state index contributed by atoms with van der Waals surface area (Å²) in [7, 11) is 0. The maximum Gasteiger partial charge on any atom is 0.320 e. The topological polar surface area (TPSA) is 127 Å². The maximum atomic E-state index is 11.1. The number of carbonyl (C=O) groups is 3. The number of aliphatic carboxylic acids is 1. The van der Waals surface area contributed by atoms with Crippen molar-refractivity contribution in [3.63, 3.8) is 0 Å². The Hall–Kier alpha value is -1.63. The van der Waals surface area contributed by atoms with Gasteiger partial charge in [-0.2, -0.15) is 0 Å². The second-order valence-electron chi connectivity index (χ2n) is 3.83. The molecule has 0 aliphatic rings. The first-order valence-corrected chi connectivity index (χ1v) is 5.42. The van der Waals surface area contributed by atoms with Crippen molar-refractivity contribution in [2.45, 2.75) is 32.2 Å². The van der Waals surface area contributed by atoms with Gasteiger partial charge in [-0.3, -0.25) is 19.3 Å². The number of rotatable bonds is 9. The molecule has 17 heavy (non-hydrogen) atoms. The van der Waals surface area contributed by atoms with Gasteiger partial charge in [-0.25, -0.2) is 0 Å². The van der Waals surface area contributed by atoms with E-state index in [1.165, 1.54) is 4.90 Å². The van der Waals surface area contributed by atoms with E-state index < -0.39 is 23.8 Å². The van der Waals surface area contributed by atoms with Crippen LogP contribution >= 0.6 is 0 Å². The number of carboxylic acid groups (broad SMARTS) is 1. The van der Waals surface area contributed by atoms with E-state index in [0.717, 1.165) is 6.42 Å². The van der Waals surface area contributed by atoms with Crippen molar-refractivity contribution in [3.8, 4) is 0 Å². The van der Waals surface area contributed by atoms with Crippen LogP contribution in [0.1, 0.15) is 26.2 Å². The standard InChI is InChI=1S/C10H19N3O4/c1-2-3-4-7(10(16)17)13(5-8(11)14)6-9(12)15/h7H,2-6H2,1H3,(H2,11,14)(H2,12,15)(H,16,17). The van der Waals surface area contributed by atoms with E-state index in [4.69, 9.17) is 16.6 Å². The van der Waals surface area contributed by atoms with Crippen molar-refractivity contribution in [1.29, 1.82) is 0 Å². The minimum Gasteiger partial charge on any atom is -0.480 e. The lowest BCUT2D eigenvalue weighted by atomic mass is 10.1. The molecule has 1 atom stereocenters. The average Bonchev–Trinajstić information content (AvgIpc) is 2.15. The first-order valence-electron chi connectivity index (χ1n) is 5.42. The third-order valence-electron chi connectivity index (χ3n) is 2.27. The van der Waals surface area contributed by atoms with Gasteiger partial charge in [0.05, 0.1) is 13.1 Å². The Morgan fingerprint density at radius 1 is 1.18 bits per heavy atom. The van der Waals surface area contributed by atoms with Gasteiger partial charge in [0, 0.05) is 0 Å². The highest BCUT2D eigenvalue weighted by atomic mass is 16.4. The van der Waals surface area contributed by atoms with E-state index in [-0.39, 0.29) is 13.1 Å². The summed E-state index contributed by atoms with van der Waals surface area (Å²) in [6.45, 7) is 1.35. The number of hydrogen-bond donors (Lipinski definition) is 3. The van der Waals surface area contributed by atoms with Gasteiger partial charge >= 0.3 is 5.97 Å². The molecular weight excluding hydrogens is 226 g/mol. The zero-order valence-electron chi connectivity index (χ0n) is 9.89. The Morgan fingerprint density at radius 3 is 1.94 bits per heavy atom. The Bertz CT molecular complexity index is 277. The summed E-state index contributed by atoms with van der Waals surface area (Å²) in [5.74, 6) is -2.45. The van der Waals surface area contributed by atoms with Crippen LogP contribution in [-0.2, 0) is 14.4 Å². The van der Waals surface area contributed by atoms with Crippen molar-refractivity contribution in [2.24, 2.45) is 11.5 Å². The van der Waals surface area contributed by atoms with Gasteiger partial charge in [-0.1, -0.05) is 19.8 Å². The van der Waals surface area contributed by atoms with Crippen LogP contribution in [0.3, 0.4) is 0 Å². The molecule has 0 spiro atoms. The monoisotopic (exact) mass is 245 g/mol. The molecule has 0 saturated carbocycles. The normalized spacial score (nSPS) is 12.4. The molecule has 2 amide bonds. The van der Waals surface area contributed by atoms with Crippen molar-refractivity contribution < 1.29 is 19.5 Å². The van der Waals surface area contributed by atoms with Crippen LogP contribution in [0.2, 0.25) is 0 Å². The molecule has 0 rings (SSSR count). The predicted octanol–water partition coefficient (Wildman–Crippen LogP) is -1.10. The summed E-state index contributed by atoms with van der Waals surface area (Å²) < 4.78 is 0. The number of hydrogen-bond acceptors (Lipinski definition) is 4. The van der Waals surface area contributed by atoms with E-state index in [2.05, 4.69) is 0 Å². The van der Waals surface area contributed by atoms with Crippen LogP contribution in [0.25, 0.3) is 0 Å². The number of nitrogens with zero attached hydrogens (tertiary/aromatic N) is 1. The van der Waals surface area contributed by atoms with Gasteiger partial charge in [-0.15, -0.1) is 0 Å². The van der Waals surface area contributed by atoms with Crippen LogP contribution in [0.4, 0.5) is 0 Å². The minimum atomic E-state index is -1.08. The second kappa shape index (κ2) is 7.61. The quantitative estimate of drug-likeness (QED) is 0.475. The Labute approximate surface area is 99.7 Å². The molecule has 0 saturated heterocycles. The van der Waals surface area contributed by atoms with E-state index in [0.29, 0.717) is 12.8 Å². The highest BCUT2D eigenvalue weighted by molar-refractivity contribution is 5.81. The number of unbranched alkanes of at least 4 members (excludes halogenated alkanes) is 1. The SMILES string of the molecule is CCCCC(C(=O)O)N(CC(N)=O)CC(N)=O. The molecular formula is C10H19N3O4. The minimum absolute atomic E-state index is 0.288. The van der Waals surface area contributed by atoms with Gasteiger partial charge < -0.3 is 16.6 Å². The van der Waals surface area contributed by atoms with Crippen LogP contribution in [0.5, 0.6) is 0 Å². The van der Waals surface area contributed by atoms with E-state index >= 15 is 0 Å². The molecule has 1 unspecified atom stereocenters. The molecule has 0 fully saturated rings. The highest BCUT2D eigenvalue weighted by Gasteiger charge is 2.27. The van der Waals surface area contributed by atoms with E-state index in [1.54, 1.807) is 0 Å². The summed E-state index contributed by atoms with van der Waals surface area (Å²) in [6.07, 6.45) is 1.86. The molecule has 0 bridgehead atoms. The zero-order valence-corrected chi connectivity index (χ0v) is 9.89. The molecule has 0 aromatic carbocycles. The first-order chi connectivity index (χ1) is 7.88. The Morgan fingerprint density at radius 2 is 1.65 bits per heavy atom. The Balaban J connectivity index is 4.72. The predicted molar refractivity (Wildman–Crippen MR) is 60.9 cm³/mol. The number of carbonyl (C=O) groups excluding carboxylic acids is 2. The van der Waals surface area contributed by atoms with Crippen LogP contribution in [0.15, 0.2) is 0 Å². The van der Waals surface area contributed by atoms with Crippen molar-refractivity contribution in [3.05, 3.63) is 0 Å². The van der Waals surface area contributed by atoms with Gasteiger partial charge in [-0.05, 0) is 6.42 Å². The summed E-state index contributed by atoms with van der Waals surface area (Å²) in [4.78, 5) is 33.9. The number of primary amides is 2. The maximum absolute atomic E-state index is 11.1. The third kappa shape index (κ3) is 6.52. The smallest absolute Gasteiger partial charge is 0.320 e. The van der Waals surface area contributed by atoms with Crippen molar-refractivity contribution in [1.82, 2.24) is 4.90 Å².